The van der Waals surface area contributed by atoms with Crippen LogP contribution in [0.4, 0.5) is 0 Å². The van der Waals surface area contributed by atoms with Gasteiger partial charge in [-0.05, 0) is 30.5 Å². The summed E-state index contributed by atoms with van der Waals surface area (Å²) in [5.41, 5.74) is 1.10. The Bertz CT molecular complexity index is 828. The fraction of sp³-hybridized carbons (Fsp3) is 0.389. The Kier molecular flexibility index (Phi) is 5.24. The molecule has 1 aliphatic rings. The van der Waals surface area contributed by atoms with Gasteiger partial charge < -0.3 is 14.5 Å². The van der Waals surface area contributed by atoms with E-state index in [-0.39, 0.29) is 22.9 Å². The fourth-order valence-corrected chi connectivity index (χ4v) is 3.57. The van der Waals surface area contributed by atoms with Gasteiger partial charge in [0.1, 0.15) is 0 Å². The largest absolute Gasteiger partial charge is 0.440 e. The van der Waals surface area contributed by atoms with E-state index in [1.807, 2.05) is 30.3 Å². The molecule has 6 nitrogen and oxygen atoms in total. The Morgan fingerprint density at radius 2 is 1.96 bits per heavy atom. The number of sulfone groups is 1. The van der Waals surface area contributed by atoms with Crippen LogP contribution in [0.1, 0.15) is 35.1 Å². The average molecular weight is 363 g/mol. The van der Waals surface area contributed by atoms with Crippen molar-refractivity contribution in [2.45, 2.75) is 24.0 Å². The smallest absolute Gasteiger partial charge is 0.287 e. The molecule has 1 aliphatic heterocycles. The van der Waals surface area contributed by atoms with Crippen LogP contribution in [0.2, 0.25) is 0 Å². The van der Waals surface area contributed by atoms with Gasteiger partial charge in [0.2, 0.25) is 14.9 Å². The molecule has 1 aromatic heterocycles. The molecule has 1 fully saturated rings. The Hall–Kier alpha value is -2.12. The van der Waals surface area contributed by atoms with Crippen LogP contribution in [-0.4, -0.2) is 33.7 Å². The molecular weight excluding hydrogens is 342 g/mol. The lowest BCUT2D eigenvalue weighted by Crippen LogP contribution is -2.35. The highest BCUT2D eigenvalue weighted by molar-refractivity contribution is 7.90. The van der Waals surface area contributed by atoms with Crippen LogP contribution in [0, 0.1) is 5.92 Å². The topological polar surface area (TPSA) is 85.6 Å². The zero-order chi connectivity index (χ0) is 17.9. The Balaban J connectivity index is 1.65. The maximum absolute atomic E-state index is 12.2. The van der Waals surface area contributed by atoms with Gasteiger partial charge in [0.05, 0.1) is 6.10 Å². The summed E-state index contributed by atoms with van der Waals surface area (Å²) in [4.78, 5) is 12.2. The van der Waals surface area contributed by atoms with Crippen molar-refractivity contribution >= 4 is 15.7 Å². The summed E-state index contributed by atoms with van der Waals surface area (Å²) in [7, 11) is -3.46. The summed E-state index contributed by atoms with van der Waals surface area (Å²) < 4.78 is 33.9. The summed E-state index contributed by atoms with van der Waals surface area (Å²) in [6.07, 6.45) is 2.88. The molecule has 0 radical (unpaired) electrons. The lowest BCUT2D eigenvalue weighted by Gasteiger charge is -2.32. The van der Waals surface area contributed by atoms with Crippen molar-refractivity contribution in [3.05, 3.63) is 53.8 Å². The zero-order valence-electron chi connectivity index (χ0n) is 14.0. The maximum atomic E-state index is 12.2. The van der Waals surface area contributed by atoms with E-state index < -0.39 is 15.7 Å². The number of furan rings is 1. The monoisotopic (exact) mass is 363 g/mol. The quantitative estimate of drug-likeness (QED) is 0.882. The van der Waals surface area contributed by atoms with Crippen molar-refractivity contribution in [2.24, 2.45) is 5.92 Å². The minimum absolute atomic E-state index is 0.00610. The third-order valence-electron chi connectivity index (χ3n) is 4.27. The van der Waals surface area contributed by atoms with Crippen LogP contribution in [0.3, 0.4) is 0 Å². The van der Waals surface area contributed by atoms with Crippen molar-refractivity contribution in [2.75, 3.05) is 19.4 Å². The van der Waals surface area contributed by atoms with E-state index in [1.165, 1.54) is 12.1 Å². The predicted molar refractivity (Wildman–Crippen MR) is 92.0 cm³/mol. The van der Waals surface area contributed by atoms with Gasteiger partial charge >= 0.3 is 0 Å². The fourth-order valence-electron chi connectivity index (χ4n) is 3.02. The molecule has 2 unspecified atom stereocenters. The van der Waals surface area contributed by atoms with Gasteiger partial charge in [-0.3, -0.25) is 4.79 Å². The molecule has 1 amide bonds. The highest BCUT2D eigenvalue weighted by atomic mass is 32.2. The molecule has 134 valence electrons. The SMILES string of the molecule is CS(=O)(=O)c1ccc(C(=O)NCC2CCCOC2c2ccccc2)o1. The van der Waals surface area contributed by atoms with Crippen molar-refractivity contribution in [3.8, 4) is 0 Å². The Morgan fingerprint density at radius 3 is 2.64 bits per heavy atom. The van der Waals surface area contributed by atoms with Gasteiger partial charge in [0.15, 0.2) is 5.76 Å². The molecule has 0 bridgehead atoms. The summed E-state index contributed by atoms with van der Waals surface area (Å²) in [5.74, 6) is -0.273. The lowest BCUT2D eigenvalue weighted by molar-refractivity contribution is -0.0273. The number of amides is 1. The van der Waals surface area contributed by atoms with E-state index in [9.17, 15) is 13.2 Å². The third kappa shape index (κ3) is 4.29. The minimum atomic E-state index is -3.46. The first-order valence-electron chi connectivity index (χ1n) is 8.20. The molecule has 0 saturated carbocycles. The molecule has 2 heterocycles. The number of hydrogen-bond donors (Lipinski definition) is 1. The van der Waals surface area contributed by atoms with Crippen LogP contribution >= 0.6 is 0 Å². The molecule has 2 aromatic rings. The second kappa shape index (κ2) is 7.41. The molecule has 0 aliphatic carbocycles. The molecule has 3 rings (SSSR count). The third-order valence-corrected chi connectivity index (χ3v) is 5.22. The van der Waals surface area contributed by atoms with Crippen molar-refractivity contribution in [1.82, 2.24) is 5.32 Å². The van der Waals surface area contributed by atoms with E-state index >= 15 is 0 Å². The number of carbonyl (C=O) groups is 1. The average Bonchev–Trinajstić information content (AvgIpc) is 3.11. The number of nitrogens with one attached hydrogen (secondary N) is 1. The Morgan fingerprint density at radius 1 is 1.20 bits per heavy atom. The molecule has 0 spiro atoms. The number of hydrogen-bond acceptors (Lipinski definition) is 5. The normalized spacial score (nSPS) is 21.0. The summed E-state index contributed by atoms with van der Waals surface area (Å²) >= 11 is 0. The minimum Gasteiger partial charge on any atom is -0.440 e. The standard InChI is InChI=1S/C18H21NO5S/c1-25(21,22)16-10-9-15(24-16)18(20)19-12-14-8-5-11-23-17(14)13-6-3-2-4-7-13/h2-4,6-7,9-10,14,17H,5,8,11-12H2,1H3,(H,19,20). The first kappa shape index (κ1) is 17.7. The van der Waals surface area contributed by atoms with E-state index in [4.69, 9.17) is 9.15 Å². The van der Waals surface area contributed by atoms with Crippen molar-refractivity contribution in [3.63, 3.8) is 0 Å². The van der Waals surface area contributed by atoms with Crippen LogP contribution in [0.25, 0.3) is 0 Å². The number of ether oxygens (including phenoxy) is 1. The van der Waals surface area contributed by atoms with Crippen LogP contribution in [-0.2, 0) is 14.6 Å². The van der Waals surface area contributed by atoms with E-state index in [0.29, 0.717) is 13.2 Å². The summed E-state index contributed by atoms with van der Waals surface area (Å²) in [6, 6.07) is 12.6. The van der Waals surface area contributed by atoms with Gasteiger partial charge in [-0.1, -0.05) is 30.3 Å². The molecule has 25 heavy (non-hydrogen) atoms. The molecule has 1 N–H and O–H groups in total. The van der Waals surface area contributed by atoms with E-state index in [1.54, 1.807) is 0 Å². The van der Waals surface area contributed by atoms with Crippen LogP contribution in [0.5, 0.6) is 0 Å². The maximum Gasteiger partial charge on any atom is 0.287 e. The van der Waals surface area contributed by atoms with E-state index in [0.717, 1.165) is 24.7 Å². The first-order valence-corrected chi connectivity index (χ1v) is 10.1. The van der Waals surface area contributed by atoms with Crippen LogP contribution in [0.15, 0.2) is 52.0 Å². The number of benzene rings is 1. The number of carbonyl (C=O) groups excluding carboxylic acids is 1. The predicted octanol–water partition coefficient (Wildman–Crippen LogP) is 2.58. The van der Waals surface area contributed by atoms with Crippen molar-refractivity contribution < 1.29 is 22.4 Å². The van der Waals surface area contributed by atoms with Gasteiger partial charge in [0, 0.05) is 25.3 Å². The van der Waals surface area contributed by atoms with Crippen LogP contribution < -0.4 is 5.32 Å². The van der Waals surface area contributed by atoms with Crippen molar-refractivity contribution in [1.29, 1.82) is 0 Å². The molecule has 1 aromatic carbocycles. The van der Waals surface area contributed by atoms with Gasteiger partial charge in [0.25, 0.3) is 5.91 Å². The molecular formula is C18H21NO5S. The lowest BCUT2D eigenvalue weighted by atomic mass is 9.89. The van der Waals surface area contributed by atoms with E-state index in [2.05, 4.69) is 5.32 Å². The zero-order valence-corrected chi connectivity index (χ0v) is 14.8. The highest BCUT2D eigenvalue weighted by Crippen LogP contribution is 2.33. The van der Waals surface area contributed by atoms with Gasteiger partial charge in [-0.2, -0.15) is 0 Å². The second-order valence-corrected chi connectivity index (χ2v) is 8.15. The van der Waals surface area contributed by atoms with Gasteiger partial charge in [-0.25, -0.2) is 8.42 Å². The summed E-state index contributed by atoms with van der Waals surface area (Å²) in [5, 5.41) is 2.62. The molecule has 1 saturated heterocycles. The molecule has 2 atom stereocenters. The summed E-state index contributed by atoms with van der Waals surface area (Å²) in [6.45, 7) is 1.15. The van der Waals surface area contributed by atoms with Gasteiger partial charge in [-0.15, -0.1) is 0 Å². The Labute approximate surface area is 147 Å². The number of rotatable bonds is 5. The molecule has 7 heteroatoms. The first-order chi connectivity index (χ1) is 11.9. The second-order valence-electron chi connectivity index (χ2n) is 6.21. The highest BCUT2D eigenvalue weighted by Gasteiger charge is 2.28.